The molecule has 1 N–H and O–H groups in total. The van der Waals surface area contributed by atoms with Gasteiger partial charge >= 0.3 is 0 Å². The molecule has 1 amide bonds. The Balaban J connectivity index is 1.72. The molecule has 3 aromatic rings. The molecule has 0 aliphatic carbocycles. The predicted octanol–water partition coefficient (Wildman–Crippen LogP) is 7.04. The normalized spacial score (nSPS) is 10.9. The highest BCUT2D eigenvalue weighted by molar-refractivity contribution is 6.33. The molecule has 0 atom stereocenters. The number of nitrogens with zero attached hydrogens (tertiary/aromatic N) is 1. The highest BCUT2D eigenvalue weighted by Gasteiger charge is 2.14. The number of anilines is 1. The summed E-state index contributed by atoms with van der Waals surface area (Å²) in [5.41, 5.74) is 3.95. The minimum absolute atomic E-state index is 0.253. The van der Waals surface area contributed by atoms with Gasteiger partial charge in [0.05, 0.1) is 17.8 Å². The van der Waals surface area contributed by atoms with E-state index in [1.807, 2.05) is 32.0 Å². The third-order valence-corrected chi connectivity index (χ3v) is 5.50. The summed E-state index contributed by atoms with van der Waals surface area (Å²) in [6, 6.07) is 14.2. The average molecular weight is 492 g/mol. The number of hydrogen-bond donors (Lipinski definition) is 1. The van der Waals surface area contributed by atoms with E-state index < -0.39 is 0 Å². The van der Waals surface area contributed by atoms with E-state index in [2.05, 4.69) is 10.3 Å². The number of hydrogen-bond acceptors (Lipinski definition) is 4. The third-order valence-electron chi connectivity index (χ3n) is 4.58. The Hall–Kier alpha value is -2.73. The number of aliphatic imine (C=N–C) groups is 1. The highest BCUT2D eigenvalue weighted by atomic mass is 35.5. The van der Waals surface area contributed by atoms with E-state index in [1.165, 1.54) is 7.11 Å². The second-order valence-electron chi connectivity index (χ2n) is 7.02. The van der Waals surface area contributed by atoms with E-state index >= 15 is 0 Å². The van der Waals surface area contributed by atoms with Crippen LogP contribution in [0.3, 0.4) is 0 Å². The van der Waals surface area contributed by atoms with Crippen molar-refractivity contribution < 1.29 is 14.3 Å². The van der Waals surface area contributed by atoms with Crippen molar-refractivity contribution in [3.8, 4) is 11.5 Å². The molecule has 0 aliphatic rings. The van der Waals surface area contributed by atoms with Crippen LogP contribution in [0, 0.1) is 13.8 Å². The molecule has 0 radical (unpaired) electrons. The van der Waals surface area contributed by atoms with Crippen LogP contribution in [-0.2, 0) is 4.79 Å². The van der Waals surface area contributed by atoms with Crippen molar-refractivity contribution in [1.82, 2.24) is 0 Å². The lowest BCUT2D eigenvalue weighted by molar-refractivity contribution is -0.118. The van der Waals surface area contributed by atoms with Gasteiger partial charge in [0.15, 0.2) is 18.1 Å². The van der Waals surface area contributed by atoms with Crippen molar-refractivity contribution in [3.63, 3.8) is 0 Å². The number of ether oxygens (including phenoxy) is 2. The molecule has 166 valence electrons. The number of carbonyl (C=O) groups excluding carboxylic acids is 1. The van der Waals surface area contributed by atoms with Crippen molar-refractivity contribution in [2.24, 2.45) is 4.99 Å². The van der Waals surface area contributed by atoms with Crippen LogP contribution in [0.5, 0.6) is 11.5 Å². The van der Waals surface area contributed by atoms with Gasteiger partial charge in [-0.2, -0.15) is 0 Å². The molecule has 32 heavy (non-hydrogen) atoms. The first kappa shape index (κ1) is 23.9. The summed E-state index contributed by atoms with van der Waals surface area (Å²) in [6.45, 7) is 3.58. The molecular formula is C24H21Cl3N2O3. The summed E-state index contributed by atoms with van der Waals surface area (Å²) in [4.78, 5) is 16.8. The third kappa shape index (κ3) is 6.16. The molecule has 3 aromatic carbocycles. The van der Waals surface area contributed by atoms with Crippen LogP contribution in [0.25, 0.3) is 0 Å². The number of benzene rings is 3. The smallest absolute Gasteiger partial charge is 0.262 e. The fraction of sp³-hybridized carbons (Fsp3) is 0.167. The number of methoxy groups -OCH3 is 1. The molecule has 0 bridgehead atoms. The number of rotatable bonds is 7. The summed E-state index contributed by atoms with van der Waals surface area (Å²) in [7, 11) is 1.49. The van der Waals surface area contributed by atoms with E-state index in [-0.39, 0.29) is 18.3 Å². The molecule has 5 nitrogen and oxygen atoms in total. The van der Waals surface area contributed by atoms with Crippen LogP contribution in [-0.4, -0.2) is 25.8 Å². The zero-order valence-electron chi connectivity index (χ0n) is 17.7. The van der Waals surface area contributed by atoms with Crippen LogP contribution < -0.4 is 14.8 Å². The van der Waals surface area contributed by atoms with Crippen LogP contribution in [0.4, 0.5) is 11.4 Å². The van der Waals surface area contributed by atoms with E-state index in [0.717, 1.165) is 16.8 Å². The zero-order valence-corrected chi connectivity index (χ0v) is 20.0. The molecule has 0 aromatic heterocycles. The number of amides is 1. The van der Waals surface area contributed by atoms with Gasteiger partial charge in [-0.1, -0.05) is 46.9 Å². The van der Waals surface area contributed by atoms with Gasteiger partial charge in [-0.3, -0.25) is 9.79 Å². The van der Waals surface area contributed by atoms with Crippen LogP contribution >= 0.6 is 34.8 Å². The van der Waals surface area contributed by atoms with Crippen molar-refractivity contribution >= 4 is 58.3 Å². The van der Waals surface area contributed by atoms with E-state index in [4.69, 9.17) is 44.3 Å². The van der Waals surface area contributed by atoms with E-state index in [9.17, 15) is 4.79 Å². The minimum Gasteiger partial charge on any atom is -0.493 e. The second kappa shape index (κ2) is 10.7. The van der Waals surface area contributed by atoms with Crippen LogP contribution in [0.2, 0.25) is 15.1 Å². The molecule has 8 heteroatoms. The molecule has 0 aliphatic heterocycles. The molecule has 0 heterocycles. The zero-order chi connectivity index (χ0) is 23.3. The topological polar surface area (TPSA) is 59.9 Å². The van der Waals surface area contributed by atoms with E-state index in [0.29, 0.717) is 32.1 Å². The van der Waals surface area contributed by atoms with Gasteiger partial charge in [0.2, 0.25) is 0 Å². The molecule has 0 saturated carbocycles. The van der Waals surface area contributed by atoms with Gasteiger partial charge in [0, 0.05) is 21.9 Å². The first-order valence-electron chi connectivity index (χ1n) is 9.63. The lowest BCUT2D eigenvalue weighted by Crippen LogP contribution is -2.20. The lowest BCUT2D eigenvalue weighted by atomic mass is 10.2. The molecule has 0 spiro atoms. The summed E-state index contributed by atoms with van der Waals surface area (Å²) in [5.74, 6) is 0.292. The quantitative estimate of drug-likeness (QED) is 0.361. The van der Waals surface area contributed by atoms with Gasteiger partial charge in [-0.15, -0.1) is 0 Å². The summed E-state index contributed by atoms with van der Waals surface area (Å²) in [6.07, 6.45) is 1.66. The summed E-state index contributed by atoms with van der Waals surface area (Å²) in [5, 5.41) is 4.20. The Labute approximate surface area is 201 Å². The van der Waals surface area contributed by atoms with Gasteiger partial charge in [-0.25, -0.2) is 0 Å². The number of aryl methyl sites for hydroxylation is 2. The van der Waals surface area contributed by atoms with Gasteiger partial charge in [0.1, 0.15) is 0 Å². The fourth-order valence-electron chi connectivity index (χ4n) is 2.83. The summed E-state index contributed by atoms with van der Waals surface area (Å²) >= 11 is 18.5. The largest absolute Gasteiger partial charge is 0.493 e. The number of carbonyl (C=O) groups is 1. The van der Waals surface area contributed by atoms with Gasteiger partial charge in [-0.05, 0) is 66.9 Å². The minimum atomic E-state index is -0.356. The Morgan fingerprint density at radius 3 is 2.47 bits per heavy atom. The standard InChI is InChI=1S/C24H21Cl3N2O3/c1-14-5-7-18(11-19(14)26)29-23(30)13-32-24-20(27)8-16(9-22(24)31-3)12-28-21-10-17(25)6-4-15(21)2/h4-12H,13H2,1-3H3,(H,29,30). The van der Waals surface area contributed by atoms with Crippen molar-refractivity contribution in [2.45, 2.75) is 13.8 Å². The van der Waals surface area contributed by atoms with Gasteiger partial charge in [0.25, 0.3) is 5.91 Å². The molecule has 3 rings (SSSR count). The predicted molar refractivity (Wildman–Crippen MR) is 132 cm³/mol. The molecule has 0 saturated heterocycles. The number of halogens is 3. The van der Waals surface area contributed by atoms with Crippen LogP contribution in [0.1, 0.15) is 16.7 Å². The van der Waals surface area contributed by atoms with Crippen molar-refractivity contribution in [1.29, 1.82) is 0 Å². The monoisotopic (exact) mass is 490 g/mol. The maximum Gasteiger partial charge on any atom is 0.262 e. The van der Waals surface area contributed by atoms with Crippen LogP contribution in [0.15, 0.2) is 53.5 Å². The highest BCUT2D eigenvalue weighted by Crippen LogP contribution is 2.36. The Morgan fingerprint density at radius 2 is 1.75 bits per heavy atom. The Morgan fingerprint density at radius 1 is 1.00 bits per heavy atom. The fourth-order valence-corrected chi connectivity index (χ4v) is 3.45. The summed E-state index contributed by atoms with van der Waals surface area (Å²) < 4.78 is 11.0. The maximum atomic E-state index is 12.3. The Bertz CT molecular complexity index is 1180. The molecule has 0 unspecified atom stereocenters. The van der Waals surface area contributed by atoms with Gasteiger partial charge < -0.3 is 14.8 Å². The maximum absolute atomic E-state index is 12.3. The lowest BCUT2D eigenvalue weighted by Gasteiger charge is -2.13. The second-order valence-corrected chi connectivity index (χ2v) is 8.27. The first-order valence-corrected chi connectivity index (χ1v) is 10.8. The van der Waals surface area contributed by atoms with Crippen molar-refractivity contribution in [2.75, 3.05) is 19.0 Å². The number of nitrogens with one attached hydrogen (secondary N) is 1. The van der Waals surface area contributed by atoms with E-state index in [1.54, 1.807) is 36.5 Å². The van der Waals surface area contributed by atoms with Crippen molar-refractivity contribution in [3.05, 3.63) is 80.3 Å². The SMILES string of the molecule is COc1cc(C=Nc2cc(Cl)ccc2C)cc(Cl)c1OCC(=O)Nc1ccc(C)c(Cl)c1. The molecular weight excluding hydrogens is 471 g/mol. The molecule has 0 fully saturated rings. The Kier molecular flexibility index (Phi) is 8.02. The first-order chi connectivity index (χ1) is 15.3. The average Bonchev–Trinajstić information content (AvgIpc) is 2.75.